The van der Waals surface area contributed by atoms with Gasteiger partial charge in [-0.1, -0.05) is 67.5 Å². The van der Waals surface area contributed by atoms with Gasteiger partial charge in [-0.25, -0.2) is 4.98 Å². The van der Waals surface area contributed by atoms with Gasteiger partial charge in [0.15, 0.2) is 5.13 Å². The summed E-state index contributed by atoms with van der Waals surface area (Å²) in [5, 5.41) is 8.96. The van der Waals surface area contributed by atoms with Gasteiger partial charge in [0.05, 0.1) is 6.20 Å². The van der Waals surface area contributed by atoms with E-state index in [-0.39, 0.29) is 0 Å². The van der Waals surface area contributed by atoms with Crippen LogP contribution in [0.15, 0.2) is 48.9 Å². The van der Waals surface area contributed by atoms with Crippen molar-refractivity contribution in [3.63, 3.8) is 0 Å². The van der Waals surface area contributed by atoms with E-state index in [1.54, 1.807) is 11.3 Å². The van der Waals surface area contributed by atoms with Crippen molar-refractivity contribution < 1.29 is 0 Å². The molecule has 1 aromatic carbocycles. The molecular weight excluding hydrogens is 388 g/mol. The van der Waals surface area contributed by atoms with Crippen LogP contribution in [-0.4, -0.2) is 28.5 Å². The second kappa shape index (κ2) is 10.3. The van der Waals surface area contributed by atoms with Crippen molar-refractivity contribution in [1.82, 2.24) is 9.88 Å². The molecule has 5 heteroatoms. The van der Waals surface area contributed by atoms with Gasteiger partial charge in [0.1, 0.15) is 10.8 Å². The third-order valence-corrected chi connectivity index (χ3v) is 7.62. The fourth-order valence-corrected chi connectivity index (χ4v) is 6.09. The van der Waals surface area contributed by atoms with Crippen LogP contribution in [-0.2, 0) is 0 Å². The zero-order chi connectivity index (χ0) is 20.8. The first-order valence-electron chi connectivity index (χ1n) is 11.7. The lowest BCUT2D eigenvalue weighted by atomic mass is 9.80. The summed E-state index contributed by atoms with van der Waals surface area (Å²) in [6, 6.07) is 12.3. The number of hydrogen-bond donors (Lipinski definition) is 2. The van der Waals surface area contributed by atoms with Gasteiger partial charge in [-0.05, 0) is 56.9 Å². The maximum absolute atomic E-state index is 4.56. The van der Waals surface area contributed by atoms with Crippen LogP contribution < -0.4 is 10.6 Å². The van der Waals surface area contributed by atoms with E-state index in [1.807, 2.05) is 6.20 Å². The molecule has 4 rings (SSSR count). The Bertz CT molecular complexity index is 788. The number of thiazole rings is 1. The molecule has 162 valence electrons. The maximum atomic E-state index is 4.56. The van der Waals surface area contributed by atoms with E-state index >= 15 is 0 Å². The highest BCUT2D eigenvalue weighted by Crippen LogP contribution is 2.38. The predicted molar refractivity (Wildman–Crippen MR) is 129 cm³/mol. The summed E-state index contributed by atoms with van der Waals surface area (Å²) in [5.74, 6) is 1.75. The number of anilines is 2. The molecule has 1 heterocycles. The zero-order valence-corrected chi connectivity index (χ0v) is 19.1. The van der Waals surface area contributed by atoms with Crippen molar-refractivity contribution in [3.8, 4) is 0 Å². The molecule has 2 saturated carbocycles. The highest BCUT2D eigenvalue weighted by molar-refractivity contribution is 7.19. The smallest absolute Gasteiger partial charge is 0.190 e. The van der Waals surface area contributed by atoms with Gasteiger partial charge in [-0.3, -0.25) is 0 Å². The SMILES string of the molecule is C=C(Nc1ncc(NCC)s1)N(C1CCCCC1)C1CCC(c2ccccc2)CC1. The van der Waals surface area contributed by atoms with E-state index in [1.165, 1.54) is 63.4 Å². The number of benzene rings is 1. The molecule has 0 spiro atoms. The van der Waals surface area contributed by atoms with Gasteiger partial charge in [-0.2, -0.15) is 0 Å². The number of nitrogens with one attached hydrogen (secondary N) is 2. The lowest BCUT2D eigenvalue weighted by molar-refractivity contribution is 0.116. The average Bonchev–Trinajstić information content (AvgIpc) is 3.23. The number of aromatic nitrogens is 1. The van der Waals surface area contributed by atoms with Gasteiger partial charge < -0.3 is 15.5 Å². The van der Waals surface area contributed by atoms with Gasteiger partial charge in [0, 0.05) is 18.6 Å². The predicted octanol–water partition coefficient (Wildman–Crippen LogP) is 6.82. The van der Waals surface area contributed by atoms with Gasteiger partial charge in [0.2, 0.25) is 0 Å². The third-order valence-electron chi connectivity index (χ3n) is 6.75. The van der Waals surface area contributed by atoms with E-state index in [0.717, 1.165) is 22.5 Å². The van der Waals surface area contributed by atoms with E-state index < -0.39 is 0 Å². The Morgan fingerprint density at radius 2 is 1.73 bits per heavy atom. The first-order valence-corrected chi connectivity index (χ1v) is 12.5. The third kappa shape index (κ3) is 5.18. The molecule has 0 atom stereocenters. The summed E-state index contributed by atoms with van der Waals surface area (Å²) >= 11 is 1.67. The lowest BCUT2D eigenvalue weighted by Gasteiger charge is -2.45. The molecule has 30 heavy (non-hydrogen) atoms. The Kier molecular flexibility index (Phi) is 7.32. The van der Waals surface area contributed by atoms with E-state index in [4.69, 9.17) is 0 Å². The quantitative estimate of drug-likeness (QED) is 0.488. The first kappa shape index (κ1) is 21.2. The Balaban J connectivity index is 1.43. The molecular formula is C25H36N4S. The van der Waals surface area contributed by atoms with Gasteiger partial charge in [-0.15, -0.1) is 0 Å². The van der Waals surface area contributed by atoms with Crippen LogP contribution in [0.5, 0.6) is 0 Å². The van der Waals surface area contributed by atoms with Crippen molar-refractivity contribution in [3.05, 3.63) is 54.5 Å². The van der Waals surface area contributed by atoms with E-state index in [9.17, 15) is 0 Å². The minimum absolute atomic E-state index is 0.585. The second-order valence-electron chi connectivity index (χ2n) is 8.75. The molecule has 2 fully saturated rings. The Morgan fingerprint density at radius 1 is 1.03 bits per heavy atom. The first-order chi connectivity index (χ1) is 14.7. The monoisotopic (exact) mass is 424 g/mol. The molecule has 0 saturated heterocycles. The number of rotatable bonds is 8. The number of nitrogens with zero attached hydrogens (tertiary/aromatic N) is 2. The molecule has 1 aromatic heterocycles. The van der Waals surface area contributed by atoms with Crippen molar-refractivity contribution in [1.29, 1.82) is 0 Å². The van der Waals surface area contributed by atoms with E-state index in [2.05, 4.69) is 64.4 Å². The summed E-state index contributed by atoms with van der Waals surface area (Å²) < 4.78 is 0. The van der Waals surface area contributed by atoms with Crippen molar-refractivity contribution in [2.24, 2.45) is 0 Å². The van der Waals surface area contributed by atoms with Gasteiger partial charge >= 0.3 is 0 Å². The van der Waals surface area contributed by atoms with Crippen LogP contribution in [0.1, 0.15) is 76.2 Å². The molecule has 4 nitrogen and oxygen atoms in total. The lowest BCUT2D eigenvalue weighted by Crippen LogP contribution is -2.46. The molecule has 2 aliphatic carbocycles. The summed E-state index contributed by atoms with van der Waals surface area (Å²) in [5.41, 5.74) is 1.51. The molecule has 0 amide bonds. The minimum Gasteiger partial charge on any atom is -0.376 e. The zero-order valence-electron chi connectivity index (χ0n) is 18.3. The highest BCUT2D eigenvalue weighted by Gasteiger charge is 2.32. The maximum Gasteiger partial charge on any atom is 0.190 e. The Labute approximate surface area is 185 Å². The molecule has 2 aliphatic rings. The molecule has 2 aromatic rings. The van der Waals surface area contributed by atoms with Crippen LogP contribution in [0.25, 0.3) is 0 Å². The molecule has 0 aliphatic heterocycles. The van der Waals surface area contributed by atoms with Crippen LogP contribution >= 0.6 is 11.3 Å². The molecule has 0 radical (unpaired) electrons. The topological polar surface area (TPSA) is 40.2 Å². The average molecular weight is 425 g/mol. The summed E-state index contributed by atoms with van der Waals surface area (Å²) in [4.78, 5) is 7.20. The Hall–Kier alpha value is -2.01. The van der Waals surface area contributed by atoms with Crippen molar-refractivity contribution >= 4 is 21.5 Å². The molecule has 0 unspecified atom stereocenters. The normalized spacial score (nSPS) is 22.4. The number of hydrogen-bond acceptors (Lipinski definition) is 5. The summed E-state index contributed by atoms with van der Waals surface area (Å²) in [6.45, 7) is 7.53. The van der Waals surface area contributed by atoms with Crippen molar-refractivity contribution in [2.75, 3.05) is 17.2 Å². The van der Waals surface area contributed by atoms with Crippen LogP contribution in [0.3, 0.4) is 0 Å². The summed E-state index contributed by atoms with van der Waals surface area (Å²) in [7, 11) is 0. The second-order valence-corrected chi connectivity index (χ2v) is 9.78. The molecule has 2 N–H and O–H groups in total. The fraction of sp³-hybridized carbons (Fsp3) is 0.560. The molecule has 0 bridgehead atoms. The standard InChI is InChI=1S/C25H36N4S/c1-3-26-24-18-27-25(30-24)28-19(2)29(22-12-8-5-9-13-22)23-16-14-21(15-17-23)20-10-6-4-7-11-20/h4,6-7,10-11,18,21-23,26H,2-3,5,8-9,12-17H2,1H3,(H,27,28). The highest BCUT2D eigenvalue weighted by atomic mass is 32.1. The van der Waals surface area contributed by atoms with Crippen LogP contribution in [0.4, 0.5) is 10.1 Å². The fourth-order valence-electron chi connectivity index (χ4n) is 5.29. The van der Waals surface area contributed by atoms with E-state index in [0.29, 0.717) is 18.0 Å². The van der Waals surface area contributed by atoms with Gasteiger partial charge in [0.25, 0.3) is 0 Å². The minimum atomic E-state index is 0.585. The largest absolute Gasteiger partial charge is 0.376 e. The van der Waals surface area contributed by atoms with Crippen LogP contribution in [0.2, 0.25) is 0 Å². The van der Waals surface area contributed by atoms with Crippen molar-refractivity contribution in [2.45, 2.75) is 82.7 Å². The Morgan fingerprint density at radius 3 is 2.43 bits per heavy atom. The summed E-state index contributed by atoms with van der Waals surface area (Å²) in [6.07, 6.45) is 13.6. The van der Waals surface area contributed by atoms with Crippen LogP contribution in [0, 0.1) is 0 Å².